The molecule has 0 spiro atoms. The van der Waals surface area contributed by atoms with Crippen LogP contribution in [0.25, 0.3) is 0 Å². The molecule has 94 valence electrons. The Kier molecular flexibility index (Phi) is 6.06. The molecule has 0 amide bonds. The Morgan fingerprint density at radius 2 is 1.94 bits per heavy atom. The first kappa shape index (κ1) is 14.0. The van der Waals surface area contributed by atoms with Crippen LogP contribution in [0.2, 0.25) is 5.02 Å². The van der Waals surface area contributed by atoms with E-state index in [0.29, 0.717) is 10.6 Å². The minimum absolute atomic E-state index is 0.0260. The van der Waals surface area contributed by atoms with Crippen molar-refractivity contribution in [3.63, 3.8) is 0 Å². The van der Waals surface area contributed by atoms with E-state index in [0.717, 1.165) is 25.7 Å². The molecule has 0 aromatic heterocycles. The number of rotatable bonds is 6. The smallest absolute Gasteiger partial charge is 0.338 e. The van der Waals surface area contributed by atoms with Crippen molar-refractivity contribution in [1.29, 1.82) is 0 Å². The first-order chi connectivity index (χ1) is 8.17. The Hall–Kier alpha value is -1.02. The van der Waals surface area contributed by atoms with Gasteiger partial charge in [-0.05, 0) is 37.1 Å². The maximum absolute atomic E-state index is 11.8. The summed E-state index contributed by atoms with van der Waals surface area (Å²) in [7, 11) is 0. The second kappa shape index (κ2) is 7.33. The van der Waals surface area contributed by atoms with E-state index in [2.05, 4.69) is 6.92 Å². The molecule has 0 aliphatic carbocycles. The molecule has 1 aromatic carbocycles. The molecule has 17 heavy (non-hydrogen) atoms. The molecule has 0 saturated heterocycles. The van der Waals surface area contributed by atoms with Gasteiger partial charge in [0.25, 0.3) is 0 Å². The normalized spacial score (nSPS) is 12.2. The quantitative estimate of drug-likeness (QED) is 0.701. The summed E-state index contributed by atoms with van der Waals surface area (Å²) in [6, 6.07) is 6.78. The average Bonchev–Trinajstić information content (AvgIpc) is 2.35. The van der Waals surface area contributed by atoms with Crippen LogP contribution >= 0.6 is 11.6 Å². The first-order valence-corrected chi connectivity index (χ1v) is 6.51. The fourth-order valence-electron chi connectivity index (χ4n) is 1.58. The van der Waals surface area contributed by atoms with E-state index in [1.165, 1.54) is 0 Å². The number of hydrogen-bond acceptors (Lipinski definition) is 2. The van der Waals surface area contributed by atoms with Crippen molar-refractivity contribution in [2.75, 3.05) is 0 Å². The summed E-state index contributed by atoms with van der Waals surface area (Å²) in [5, 5.41) is 0.625. The molecular weight excluding hydrogens is 236 g/mol. The van der Waals surface area contributed by atoms with Gasteiger partial charge >= 0.3 is 5.97 Å². The molecule has 0 bridgehead atoms. The van der Waals surface area contributed by atoms with Crippen LogP contribution in [0.1, 0.15) is 49.9 Å². The standard InChI is InChI=1S/C14H19ClO2/c1-3-5-6-13(4-2)17-14(16)11-7-9-12(15)10-8-11/h7-10,13H,3-6H2,1-2H3. The van der Waals surface area contributed by atoms with E-state index < -0.39 is 0 Å². The highest BCUT2D eigenvalue weighted by Gasteiger charge is 2.13. The number of unbranched alkanes of at least 4 members (excludes halogenated alkanes) is 1. The first-order valence-electron chi connectivity index (χ1n) is 6.14. The van der Waals surface area contributed by atoms with Crippen LogP contribution < -0.4 is 0 Å². The number of benzene rings is 1. The third-order valence-corrected chi connectivity index (χ3v) is 2.94. The summed E-state index contributed by atoms with van der Waals surface area (Å²) in [5.74, 6) is -0.260. The molecule has 0 fully saturated rings. The van der Waals surface area contributed by atoms with Gasteiger partial charge in [0.1, 0.15) is 6.10 Å². The number of esters is 1. The zero-order valence-electron chi connectivity index (χ0n) is 10.4. The number of carbonyl (C=O) groups excluding carboxylic acids is 1. The van der Waals surface area contributed by atoms with Gasteiger partial charge in [-0.15, -0.1) is 0 Å². The van der Waals surface area contributed by atoms with E-state index in [1.807, 2.05) is 6.92 Å². The predicted octanol–water partition coefficient (Wildman–Crippen LogP) is 4.47. The Labute approximate surface area is 108 Å². The van der Waals surface area contributed by atoms with Crippen LogP contribution in [-0.2, 0) is 4.74 Å². The van der Waals surface area contributed by atoms with Gasteiger partial charge in [0.15, 0.2) is 0 Å². The van der Waals surface area contributed by atoms with E-state index >= 15 is 0 Å². The van der Waals surface area contributed by atoms with Gasteiger partial charge in [-0.1, -0.05) is 38.3 Å². The highest BCUT2D eigenvalue weighted by molar-refractivity contribution is 6.30. The lowest BCUT2D eigenvalue weighted by Crippen LogP contribution is -2.17. The van der Waals surface area contributed by atoms with Crippen LogP contribution in [0.3, 0.4) is 0 Å². The van der Waals surface area contributed by atoms with Gasteiger partial charge in [-0.2, -0.15) is 0 Å². The van der Waals surface area contributed by atoms with Crippen molar-refractivity contribution < 1.29 is 9.53 Å². The summed E-state index contributed by atoms with van der Waals surface area (Å²) in [6.45, 7) is 4.17. The maximum atomic E-state index is 11.8. The molecule has 0 aliphatic heterocycles. The largest absolute Gasteiger partial charge is 0.459 e. The number of ether oxygens (including phenoxy) is 1. The van der Waals surface area contributed by atoms with Crippen LogP contribution in [-0.4, -0.2) is 12.1 Å². The fraction of sp³-hybridized carbons (Fsp3) is 0.500. The zero-order valence-corrected chi connectivity index (χ0v) is 11.2. The van der Waals surface area contributed by atoms with Gasteiger partial charge in [0.2, 0.25) is 0 Å². The molecule has 2 nitrogen and oxygen atoms in total. The minimum atomic E-state index is -0.260. The molecule has 0 N–H and O–H groups in total. The Morgan fingerprint density at radius 1 is 1.29 bits per heavy atom. The second-order valence-corrected chi connectivity index (χ2v) is 4.52. The van der Waals surface area contributed by atoms with Gasteiger partial charge in [-0.25, -0.2) is 4.79 Å². The molecule has 0 radical (unpaired) electrons. The molecule has 1 aromatic rings. The van der Waals surface area contributed by atoms with Crippen molar-refractivity contribution in [2.24, 2.45) is 0 Å². The average molecular weight is 255 g/mol. The van der Waals surface area contributed by atoms with E-state index in [1.54, 1.807) is 24.3 Å². The van der Waals surface area contributed by atoms with Crippen molar-refractivity contribution >= 4 is 17.6 Å². The van der Waals surface area contributed by atoms with Crippen LogP contribution in [0.15, 0.2) is 24.3 Å². The lowest BCUT2D eigenvalue weighted by molar-refractivity contribution is 0.0268. The van der Waals surface area contributed by atoms with E-state index in [4.69, 9.17) is 16.3 Å². The molecule has 1 unspecified atom stereocenters. The number of hydrogen-bond donors (Lipinski definition) is 0. The highest BCUT2D eigenvalue weighted by atomic mass is 35.5. The summed E-state index contributed by atoms with van der Waals surface area (Å²) < 4.78 is 5.45. The summed E-state index contributed by atoms with van der Waals surface area (Å²) in [5.41, 5.74) is 0.560. The van der Waals surface area contributed by atoms with Gasteiger partial charge in [0, 0.05) is 5.02 Å². The van der Waals surface area contributed by atoms with Crippen molar-refractivity contribution in [1.82, 2.24) is 0 Å². The third kappa shape index (κ3) is 4.78. The Bertz CT molecular complexity index is 346. The summed E-state index contributed by atoms with van der Waals surface area (Å²) in [4.78, 5) is 11.8. The Morgan fingerprint density at radius 3 is 2.47 bits per heavy atom. The van der Waals surface area contributed by atoms with Crippen LogP contribution in [0.5, 0.6) is 0 Å². The maximum Gasteiger partial charge on any atom is 0.338 e. The number of carbonyl (C=O) groups is 1. The SMILES string of the molecule is CCCCC(CC)OC(=O)c1ccc(Cl)cc1. The van der Waals surface area contributed by atoms with Crippen LogP contribution in [0, 0.1) is 0 Å². The molecule has 3 heteroatoms. The summed E-state index contributed by atoms with van der Waals surface area (Å²) >= 11 is 5.77. The molecule has 0 heterocycles. The predicted molar refractivity (Wildman–Crippen MR) is 70.5 cm³/mol. The van der Waals surface area contributed by atoms with E-state index in [-0.39, 0.29) is 12.1 Å². The zero-order chi connectivity index (χ0) is 12.7. The van der Waals surface area contributed by atoms with Crippen molar-refractivity contribution in [2.45, 2.75) is 45.6 Å². The highest BCUT2D eigenvalue weighted by Crippen LogP contribution is 2.14. The molecular formula is C14H19ClO2. The molecule has 1 atom stereocenters. The number of halogens is 1. The monoisotopic (exact) mass is 254 g/mol. The lowest BCUT2D eigenvalue weighted by atomic mass is 10.1. The van der Waals surface area contributed by atoms with E-state index in [9.17, 15) is 4.79 Å². The van der Waals surface area contributed by atoms with Gasteiger partial charge < -0.3 is 4.74 Å². The fourth-order valence-corrected chi connectivity index (χ4v) is 1.71. The molecule has 1 rings (SSSR count). The third-order valence-electron chi connectivity index (χ3n) is 2.69. The topological polar surface area (TPSA) is 26.3 Å². The summed E-state index contributed by atoms with van der Waals surface area (Å²) in [6.07, 6.45) is 4.03. The molecule has 0 aliphatic rings. The van der Waals surface area contributed by atoms with Gasteiger partial charge in [0.05, 0.1) is 5.56 Å². The minimum Gasteiger partial charge on any atom is -0.459 e. The second-order valence-electron chi connectivity index (χ2n) is 4.08. The molecule has 0 saturated carbocycles. The van der Waals surface area contributed by atoms with Gasteiger partial charge in [-0.3, -0.25) is 0 Å². The van der Waals surface area contributed by atoms with Crippen LogP contribution in [0.4, 0.5) is 0 Å². The van der Waals surface area contributed by atoms with Crippen molar-refractivity contribution in [3.05, 3.63) is 34.9 Å². The lowest BCUT2D eigenvalue weighted by Gasteiger charge is -2.15. The van der Waals surface area contributed by atoms with Crippen molar-refractivity contribution in [3.8, 4) is 0 Å². The Balaban J connectivity index is 2.54.